The minimum absolute atomic E-state index is 0.0162. The number of H-pyrrole nitrogens is 1. The molecule has 2 aromatic carbocycles. The Balaban J connectivity index is 1.98. The number of para-hydroxylation sites is 1. The number of rotatable bonds is 8. The molecule has 2 N–H and O–H groups in total. The van der Waals surface area contributed by atoms with Gasteiger partial charge in [-0.05, 0) is 30.3 Å². The van der Waals surface area contributed by atoms with Crippen LogP contribution in [0.3, 0.4) is 0 Å². The van der Waals surface area contributed by atoms with Crippen LogP contribution in [-0.2, 0) is 14.9 Å². The maximum absolute atomic E-state index is 12.7. The van der Waals surface area contributed by atoms with Gasteiger partial charge in [0.25, 0.3) is 15.7 Å². The average molecular weight is 443 g/mol. The predicted octanol–water partition coefficient (Wildman–Crippen LogP) is 2.72. The highest BCUT2D eigenvalue weighted by Gasteiger charge is 2.19. The number of aromatic amines is 1. The number of aromatic nitrogens is 2. The van der Waals surface area contributed by atoms with E-state index in [0.29, 0.717) is 5.69 Å². The van der Waals surface area contributed by atoms with E-state index in [2.05, 4.69) is 15.3 Å². The molecule has 0 aliphatic heterocycles. The summed E-state index contributed by atoms with van der Waals surface area (Å²) < 4.78 is 44.1. The molecule has 12 heteroatoms. The summed E-state index contributed by atoms with van der Waals surface area (Å²) in [5.41, 5.74) is -0.465. The fraction of sp³-hybridized carbons (Fsp3) is 0.158. The van der Waals surface area contributed by atoms with Crippen molar-refractivity contribution in [3.05, 3.63) is 64.6 Å². The van der Waals surface area contributed by atoms with Gasteiger partial charge in [0.15, 0.2) is 11.4 Å². The fourth-order valence-corrected chi connectivity index (χ4v) is 3.23. The lowest BCUT2D eigenvalue weighted by atomic mass is 10.3. The van der Waals surface area contributed by atoms with E-state index in [1.165, 1.54) is 19.2 Å². The van der Waals surface area contributed by atoms with Crippen LogP contribution in [0.1, 0.15) is 5.69 Å². The zero-order valence-electron chi connectivity index (χ0n) is 16.2. The average Bonchev–Trinajstić information content (AvgIpc) is 3.08. The Morgan fingerprint density at radius 2 is 1.90 bits per heavy atom. The van der Waals surface area contributed by atoms with Gasteiger partial charge in [-0.1, -0.05) is 18.2 Å². The number of hydrogen-bond donors (Lipinski definition) is 2. The molecule has 0 saturated heterocycles. The molecule has 0 atom stereocenters. The van der Waals surface area contributed by atoms with Gasteiger partial charge in [0.2, 0.25) is 0 Å². The van der Waals surface area contributed by atoms with Crippen LogP contribution >= 0.6 is 0 Å². The number of nitrogens with one attached hydrogen (secondary N) is 1. The van der Waals surface area contributed by atoms with Crippen LogP contribution in [0.5, 0.6) is 5.75 Å². The summed E-state index contributed by atoms with van der Waals surface area (Å²) in [6.45, 7) is 0.276. The van der Waals surface area contributed by atoms with Crippen molar-refractivity contribution in [2.24, 2.45) is 10.2 Å². The van der Waals surface area contributed by atoms with Crippen molar-refractivity contribution in [2.45, 2.75) is 4.90 Å². The standard InChI is InChI=1S/C19H17N5O6S/c1-29-9-10-30-16-8-7-13(11-17(16)31(26,27)28)21-22-18-15(12-20)23-24(19(18)25)14-5-3-2-4-6-14/h2-8,11,23H,9-10H2,1H3,(H,26,27,28)/b22-21+. The van der Waals surface area contributed by atoms with E-state index in [1.54, 1.807) is 30.3 Å². The Morgan fingerprint density at radius 1 is 1.16 bits per heavy atom. The van der Waals surface area contributed by atoms with E-state index in [9.17, 15) is 23.0 Å². The first kappa shape index (κ1) is 21.9. The molecule has 0 spiro atoms. The van der Waals surface area contributed by atoms with Crippen molar-refractivity contribution in [3.8, 4) is 17.5 Å². The Kier molecular flexibility index (Phi) is 6.61. The minimum atomic E-state index is -4.62. The first-order valence-electron chi connectivity index (χ1n) is 8.80. The monoisotopic (exact) mass is 443 g/mol. The third-order valence-electron chi connectivity index (χ3n) is 4.01. The predicted molar refractivity (Wildman–Crippen MR) is 109 cm³/mol. The first-order valence-corrected chi connectivity index (χ1v) is 10.2. The number of nitriles is 1. The van der Waals surface area contributed by atoms with Crippen LogP contribution < -0.4 is 10.3 Å². The fourth-order valence-electron chi connectivity index (χ4n) is 2.58. The van der Waals surface area contributed by atoms with E-state index >= 15 is 0 Å². The zero-order chi connectivity index (χ0) is 22.4. The summed E-state index contributed by atoms with van der Waals surface area (Å²) >= 11 is 0. The quantitative estimate of drug-likeness (QED) is 0.307. The minimum Gasteiger partial charge on any atom is -0.490 e. The summed E-state index contributed by atoms with van der Waals surface area (Å²) in [6, 6.07) is 14.1. The highest BCUT2D eigenvalue weighted by atomic mass is 32.2. The second-order valence-corrected chi connectivity index (χ2v) is 7.46. The number of methoxy groups -OCH3 is 1. The number of ether oxygens (including phenoxy) is 2. The Morgan fingerprint density at radius 3 is 2.55 bits per heavy atom. The van der Waals surface area contributed by atoms with Gasteiger partial charge in [-0.25, -0.2) is 4.68 Å². The molecular formula is C19H17N5O6S. The summed E-state index contributed by atoms with van der Waals surface area (Å²) in [5, 5.41) is 19.6. The Labute approximate surface area is 176 Å². The van der Waals surface area contributed by atoms with Gasteiger partial charge in [-0.15, -0.1) is 5.11 Å². The molecule has 0 radical (unpaired) electrons. The maximum Gasteiger partial charge on any atom is 0.300 e. The third-order valence-corrected chi connectivity index (χ3v) is 4.88. The molecule has 0 aliphatic carbocycles. The van der Waals surface area contributed by atoms with Crippen LogP contribution in [0.4, 0.5) is 11.4 Å². The van der Waals surface area contributed by atoms with Crippen LogP contribution in [-0.4, -0.2) is 43.1 Å². The third kappa shape index (κ3) is 5.04. The molecule has 0 bridgehead atoms. The lowest BCUT2D eigenvalue weighted by Crippen LogP contribution is -2.13. The smallest absolute Gasteiger partial charge is 0.300 e. The second kappa shape index (κ2) is 9.35. The van der Waals surface area contributed by atoms with Gasteiger partial charge >= 0.3 is 0 Å². The van der Waals surface area contributed by atoms with Crippen LogP contribution in [0.25, 0.3) is 5.69 Å². The molecule has 160 valence electrons. The van der Waals surface area contributed by atoms with Crippen molar-refractivity contribution in [3.63, 3.8) is 0 Å². The van der Waals surface area contributed by atoms with Crippen molar-refractivity contribution in [1.82, 2.24) is 9.78 Å². The molecule has 0 unspecified atom stereocenters. The van der Waals surface area contributed by atoms with Crippen LogP contribution in [0, 0.1) is 11.3 Å². The summed E-state index contributed by atoms with van der Waals surface area (Å²) in [6.07, 6.45) is 0. The molecule has 0 fully saturated rings. The Bertz CT molecular complexity index is 1310. The summed E-state index contributed by atoms with van der Waals surface area (Å²) in [4.78, 5) is 12.1. The lowest BCUT2D eigenvalue weighted by Gasteiger charge is -2.09. The van der Waals surface area contributed by atoms with Gasteiger partial charge in [-0.3, -0.25) is 14.4 Å². The van der Waals surface area contributed by atoms with Gasteiger partial charge in [0, 0.05) is 7.11 Å². The molecule has 0 amide bonds. The molecule has 3 aromatic rings. The zero-order valence-corrected chi connectivity index (χ0v) is 17.0. The largest absolute Gasteiger partial charge is 0.490 e. The summed E-state index contributed by atoms with van der Waals surface area (Å²) in [7, 11) is -3.16. The van der Waals surface area contributed by atoms with E-state index in [4.69, 9.17) is 9.47 Å². The molecule has 0 aliphatic rings. The molecule has 0 saturated carbocycles. The summed E-state index contributed by atoms with van der Waals surface area (Å²) in [5.74, 6) is -0.0932. The maximum atomic E-state index is 12.7. The highest BCUT2D eigenvalue weighted by molar-refractivity contribution is 7.86. The number of hydrogen-bond acceptors (Lipinski definition) is 8. The second-order valence-electron chi connectivity index (χ2n) is 6.07. The van der Waals surface area contributed by atoms with E-state index in [1.807, 2.05) is 6.07 Å². The SMILES string of the molecule is COCCOc1ccc(/N=N/c2c(C#N)[nH]n(-c3ccccc3)c2=O)cc1S(=O)(=O)O. The van der Waals surface area contributed by atoms with Gasteiger partial charge in [0.05, 0.1) is 18.0 Å². The highest BCUT2D eigenvalue weighted by Crippen LogP contribution is 2.29. The molecule has 1 aromatic heterocycles. The van der Waals surface area contributed by atoms with E-state index < -0.39 is 20.6 Å². The Hall–Kier alpha value is -3.79. The molecule has 3 rings (SSSR count). The number of nitrogens with zero attached hydrogens (tertiary/aromatic N) is 4. The lowest BCUT2D eigenvalue weighted by molar-refractivity contribution is 0.144. The van der Waals surface area contributed by atoms with Gasteiger partial charge < -0.3 is 9.47 Å². The molecule has 31 heavy (non-hydrogen) atoms. The van der Waals surface area contributed by atoms with Gasteiger partial charge in [0.1, 0.15) is 23.3 Å². The van der Waals surface area contributed by atoms with E-state index in [0.717, 1.165) is 10.7 Å². The molecule has 11 nitrogen and oxygen atoms in total. The van der Waals surface area contributed by atoms with Crippen LogP contribution in [0.2, 0.25) is 0 Å². The van der Waals surface area contributed by atoms with Crippen molar-refractivity contribution >= 4 is 21.5 Å². The van der Waals surface area contributed by atoms with Gasteiger partial charge in [-0.2, -0.15) is 18.8 Å². The number of benzene rings is 2. The van der Waals surface area contributed by atoms with E-state index in [-0.39, 0.29) is 36.0 Å². The number of azo groups is 1. The van der Waals surface area contributed by atoms with Crippen molar-refractivity contribution in [2.75, 3.05) is 20.3 Å². The van der Waals surface area contributed by atoms with Crippen molar-refractivity contribution < 1.29 is 22.4 Å². The van der Waals surface area contributed by atoms with Crippen LogP contribution in [0.15, 0.2) is 68.4 Å². The molecular weight excluding hydrogens is 426 g/mol. The van der Waals surface area contributed by atoms with Crippen molar-refractivity contribution in [1.29, 1.82) is 5.26 Å². The molecule has 1 heterocycles. The topological polar surface area (TPSA) is 159 Å². The first-order chi connectivity index (χ1) is 14.8. The normalized spacial score (nSPS) is 11.5.